The molecule has 4 aromatic carbocycles. The number of nitrogens with zero attached hydrogens (tertiary/aromatic N) is 1. The SMILES string of the molecule is Clc1ccccc1-n1c2ccc(Br)cc2c2ccc3ccccc3c21. The molecule has 5 aromatic rings. The van der Waals surface area contributed by atoms with Gasteiger partial charge in [-0.1, -0.05) is 76.1 Å². The van der Waals surface area contributed by atoms with E-state index in [4.69, 9.17) is 11.6 Å². The first kappa shape index (κ1) is 15.0. The number of rotatable bonds is 1. The Morgan fingerprint density at radius 1 is 0.720 bits per heavy atom. The number of halogens is 2. The van der Waals surface area contributed by atoms with Gasteiger partial charge in [-0.05, 0) is 35.7 Å². The Balaban J connectivity index is 2.10. The van der Waals surface area contributed by atoms with E-state index in [2.05, 4.69) is 81.2 Å². The molecule has 0 unspecified atom stereocenters. The smallest absolute Gasteiger partial charge is 0.0648 e. The summed E-state index contributed by atoms with van der Waals surface area (Å²) in [7, 11) is 0. The standard InChI is InChI=1S/C22H13BrClN/c23-15-10-12-20-18(13-15)17-11-9-14-5-1-2-6-16(14)22(17)25(20)21-8-4-3-7-19(21)24/h1-13H. The molecule has 1 nitrogen and oxygen atoms in total. The van der Waals surface area contributed by atoms with Crippen LogP contribution >= 0.6 is 27.5 Å². The van der Waals surface area contributed by atoms with Crippen LogP contribution in [0.15, 0.2) is 83.3 Å². The molecule has 3 heteroatoms. The maximum atomic E-state index is 6.57. The summed E-state index contributed by atoms with van der Waals surface area (Å²) in [5, 5.41) is 5.65. The van der Waals surface area contributed by atoms with Crippen molar-refractivity contribution in [3.63, 3.8) is 0 Å². The van der Waals surface area contributed by atoms with Crippen molar-refractivity contribution < 1.29 is 0 Å². The summed E-state index contributed by atoms with van der Waals surface area (Å²) in [5.41, 5.74) is 3.35. The molecule has 120 valence electrons. The number of fused-ring (bicyclic) bond motifs is 5. The molecule has 0 N–H and O–H groups in total. The van der Waals surface area contributed by atoms with Gasteiger partial charge in [0.25, 0.3) is 0 Å². The highest BCUT2D eigenvalue weighted by Crippen LogP contribution is 2.38. The zero-order valence-corrected chi connectivity index (χ0v) is 15.6. The van der Waals surface area contributed by atoms with E-state index in [-0.39, 0.29) is 0 Å². The maximum absolute atomic E-state index is 6.57. The number of hydrogen-bond donors (Lipinski definition) is 0. The van der Waals surface area contributed by atoms with Gasteiger partial charge in [0.1, 0.15) is 0 Å². The number of aromatic nitrogens is 1. The van der Waals surface area contributed by atoms with E-state index in [0.717, 1.165) is 20.7 Å². The van der Waals surface area contributed by atoms with Gasteiger partial charge in [-0.25, -0.2) is 0 Å². The molecule has 25 heavy (non-hydrogen) atoms. The predicted molar refractivity (Wildman–Crippen MR) is 111 cm³/mol. The molecule has 0 aliphatic carbocycles. The second kappa shape index (κ2) is 5.62. The van der Waals surface area contributed by atoms with Gasteiger partial charge in [-0.3, -0.25) is 0 Å². The lowest BCUT2D eigenvalue weighted by Gasteiger charge is -2.11. The predicted octanol–water partition coefficient (Wildman–Crippen LogP) is 7.35. The normalized spacial score (nSPS) is 11.6. The first-order valence-corrected chi connectivity index (χ1v) is 9.27. The fourth-order valence-electron chi connectivity index (χ4n) is 3.64. The van der Waals surface area contributed by atoms with E-state index in [1.807, 2.05) is 18.2 Å². The molecular formula is C22H13BrClN. The largest absolute Gasteiger partial charge is 0.307 e. The van der Waals surface area contributed by atoms with Crippen molar-refractivity contribution in [3.05, 3.63) is 88.4 Å². The molecule has 1 aromatic heterocycles. The van der Waals surface area contributed by atoms with Crippen molar-refractivity contribution in [2.75, 3.05) is 0 Å². The van der Waals surface area contributed by atoms with E-state index < -0.39 is 0 Å². The molecule has 0 atom stereocenters. The van der Waals surface area contributed by atoms with Crippen LogP contribution in [0.1, 0.15) is 0 Å². The summed E-state index contributed by atoms with van der Waals surface area (Å²) in [5.74, 6) is 0. The van der Waals surface area contributed by atoms with Crippen LogP contribution in [0.3, 0.4) is 0 Å². The minimum atomic E-state index is 0.747. The summed E-state index contributed by atoms with van der Waals surface area (Å²) < 4.78 is 3.35. The summed E-state index contributed by atoms with van der Waals surface area (Å²) in [6.07, 6.45) is 0. The molecule has 0 aliphatic heterocycles. The molecule has 0 amide bonds. The third-order valence-electron chi connectivity index (χ3n) is 4.71. The van der Waals surface area contributed by atoms with Crippen molar-refractivity contribution in [2.24, 2.45) is 0 Å². The van der Waals surface area contributed by atoms with Crippen LogP contribution in [0.4, 0.5) is 0 Å². The van der Waals surface area contributed by atoms with Gasteiger partial charge in [0.05, 0.1) is 21.7 Å². The third kappa shape index (κ3) is 2.21. The quantitative estimate of drug-likeness (QED) is 0.274. The molecule has 0 radical (unpaired) electrons. The number of benzene rings is 4. The van der Waals surface area contributed by atoms with Gasteiger partial charge in [0.2, 0.25) is 0 Å². The monoisotopic (exact) mass is 405 g/mol. The summed E-state index contributed by atoms with van der Waals surface area (Å²) >= 11 is 10.2. The Hall–Kier alpha value is -2.29. The molecule has 0 aliphatic rings. The summed E-state index contributed by atoms with van der Waals surface area (Å²) in [6.45, 7) is 0. The van der Waals surface area contributed by atoms with Crippen molar-refractivity contribution in [1.82, 2.24) is 4.57 Å². The Morgan fingerprint density at radius 3 is 2.40 bits per heavy atom. The van der Waals surface area contributed by atoms with Crippen LogP contribution in [0.2, 0.25) is 5.02 Å². The lowest BCUT2D eigenvalue weighted by Crippen LogP contribution is -1.95. The van der Waals surface area contributed by atoms with Crippen LogP contribution < -0.4 is 0 Å². The van der Waals surface area contributed by atoms with Crippen LogP contribution in [-0.4, -0.2) is 4.57 Å². The van der Waals surface area contributed by atoms with Gasteiger partial charge in [0.15, 0.2) is 0 Å². The van der Waals surface area contributed by atoms with E-state index in [0.29, 0.717) is 0 Å². The molecule has 5 rings (SSSR count). The van der Waals surface area contributed by atoms with Gasteiger partial charge in [0, 0.05) is 20.6 Å². The highest BCUT2D eigenvalue weighted by molar-refractivity contribution is 9.10. The van der Waals surface area contributed by atoms with E-state index in [9.17, 15) is 0 Å². The van der Waals surface area contributed by atoms with Gasteiger partial charge in [-0.2, -0.15) is 0 Å². The lowest BCUT2D eigenvalue weighted by atomic mass is 10.1. The van der Waals surface area contributed by atoms with E-state index in [1.165, 1.54) is 27.1 Å². The zero-order chi connectivity index (χ0) is 17.0. The van der Waals surface area contributed by atoms with E-state index in [1.54, 1.807) is 0 Å². The highest BCUT2D eigenvalue weighted by Gasteiger charge is 2.16. The number of para-hydroxylation sites is 1. The van der Waals surface area contributed by atoms with Crippen molar-refractivity contribution in [3.8, 4) is 5.69 Å². The van der Waals surface area contributed by atoms with Gasteiger partial charge >= 0.3 is 0 Å². The average molecular weight is 407 g/mol. The highest BCUT2D eigenvalue weighted by atomic mass is 79.9. The summed E-state index contributed by atoms with van der Waals surface area (Å²) in [6, 6.07) is 27.3. The van der Waals surface area contributed by atoms with Crippen molar-refractivity contribution in [1.29, 1.82) is 0 Å². The first-order valence-electron chi connectivity index (χ1n) is 8.10. The topological polar surface area (TPSA) is 4.93 Å². The molecule has 1 heterocycles. The Kier molecular flexibility index (Phi) is 3.37. The number of hydrogen-bond acceptors (Lipinski definition) is 0. The lowest BCUT2D eigenvalue weighted by molar-refractivity contribution is 1.19. The molecule has 0 bridgehead atoms. The summed E-state index contributed by atoms with van der Waals surface area (Å²) in [4.78, 5) is 0. The van der Waals surface area contributed by atoms with Crippen LogP contribution in [0, 0.1) is 0 Å². The zero-order valence-electron chi connectivity index (χ0n) is 13.2. The first-order chi connectivity index (χ1) is 12.2. The Bertz CT molecular complexity index is 1270. The Morgan fingerprint density at radius 2 is 1.52 bits per heavy atom. The van der Waals surface area contributed by atoms with Gasteiger partial charge in [-0.15, -0.1) is 0 Å². The second-order valence-corrected chi connectivity index (χ2v) is 7.45. The van der Waals surface area contributed by atoms with Crippen LogP contribution in [-0.2, 0) is 0 Å². The Labute approximate surface area is 158 Å². The molecular weight excluding hydrogens is 394 g/mol. The fourth-order valence-corrected chi connectivity index (χ4v) is 4.22. The van der Waals surface area contributed by atoms with Crippen LogP contribution in [0.5, 0.6) is 0 Å². The average Bonchev–Trinajstić information content (AvgIpc) is 2.96. The van der Waals surface area contributed by atoms with Crippen molar-refractivity contribution >= 4 is 60.1 Å². The van der Waals surface area contributed by atoms with E-state index >= 15 is 0 Å². The molecule has 0 spiro atoms. The molecule has 0 saturated carbocycles. The van der Waals surface area contributed by atoms with Crippen molar-refractivity contribution in [2.45, 2.75) is 0 Å². The van der Waals surface area contributed by atoms with Crippen LogP contribution in [0.25, 0.3) is 38.3 Å². The second-order valence-electron chi connectivity index (χ2n) is 6.13. The third-order valence-corrected chi connectivity index (χ3v) is 5.52. The minimum Gasteiger partial charge on any atom is -0.307 e. The minimum absolute atomic E-state index is 0.747. The van der Waals surface area contributed by atoms with Gasteiger partial charge < -0.3 is 4.57 Å². The molecule has 0 saturated heterocycles. The fraction of sp³-hybridized carbons (Fsp3) is 0. The maximum Gasteiger partial charge on any atom is 0.0648 e. The molecule has 0 fully saturated rings.